The number of aryl methyl sites for hydroxylation is 1. The van der Waals surface area contributed by atoms with Gasteiger partial charge in [-0.1, -0.05) is 19.4 Å². The summed E-state index contributed by atoms with van der Waals surface area (Å²) < 4.78 is 13.4. The summed E-state index contributed by atoms with van der Waals surface area (Å²) in [4.78, 5) is 11.9. The fourth-order valence-electron chi connectivity index (χ4n) is 1.98. The van der Waals surface area contributed by atoms with Gasteiger partial charge in [-0.15, -0.1) is 11.6 Å². The zero-order chi connectivity index (χ0) is 14.3. The van der Waals surface area contributed by atoms with Gasteiger partial charge in [0.15, 0.2) is 0 Å². The van der Waals surface area contributed by atoms with E-state index in [4.69, 9.17) is 11.6 Å². The van der Waals surface area contributed by atoms with Gasteiger partial charge in [-0.05, 0) is 43.4 Å². The highest BCUT2D eigenvalue weighted by Gasteiger charge is 2.11. The molecule has 0 radical (unpaired) electrons. The molecule has 1 N–H and O–H groups in total. The molecule has 0 bridgehead atoms. The molecule has 1 aromatic carbocycles. The molecule has 1 aromatic rings. The van der Waals surface area contributed by atoms with E-state index in [2.05, 4.69) is 12.2 Å². The van der Waals surface area contributed by atoms with Crippen LogP contribution in [-0.2, 0) is 0 Å². The molecule has 4 heteroatoms. The average Bonchev–Trinajstić information content (AvgIpc) is 2.39. The molecule has 0 fully saturated rings. The molecule has 0 heterocycles. The van der Waals surface area contributed by atoms with Gasteiger partial charge in [-0.3, -0.25) is 4.79 Å². The van der Waals surface area contributed by atoms with E-state index in [1.807, 2.05) is 0 Å². The first-order chi connectivity index (χ1) is 9.08. The number of nitrogens with one attached hydrogen (secondary N) is 1. The van der Waals surface area contributed by atoms with E-state index in [1.54, 1.807) is 19.1 Å². The maximum atomic E-state index is 13.4. The topological polar surface area (TPSA) is 29.1 Å². The van der Waals surface area contributed by atoms with E-state index < -0.39 is 0 Å². The van der Waals surface area contributed by atoms with Crippen molar-refractivity contribution in [1.29, 1.82) is 0 Å². The highest BCUT2D eigenvalue weighted by molar-refractivity contribution is 6.17. The zero-order valence-electron chi connectivity index (χ0n) is 11.5. The molecule has 1 unspecified atom stereocenters. The van der Waals surface area contributed by atoms with Gasteiger partial charge in [0.2, 0.25) is 0 Å². The summed E-state index contributed by atoms with van der Waals surface area (Å²) >= 11 is 5.74. The lowest BCUT2D eigenvalue weighted by atomic mass is 10.0. The van der Waals surface area contributed by atoms with Crippen LogP contribution in [-0.4, -0.2) is 18.3 Å². The highest BCUT2D eigenvalue weighted by Crippen LogP contribution is 2.12. The third-order valence-electron chi connectivity index (χ3n) is 3.20. The van der Waals surface area contributed by atoms with Gasteiger partial charge in [0.05, 0.1) is 0 Å². The molecule has 0 aliphatic carbocycles. The van der Waals surface area contributed by atoms with Crippen molar-refractivity contribution in [2.24, 2.45) is 5.92 Å². The van der Waals surface area contributed by atoms with Crippen molar-refractivity contribution in [1.82, 2.24) is 5.32 Å². The SMILES string of the molecule is CCCC(CCCl)CNC(=O)c1ccc(C)c(F)c1. The normalized spacial score (nSPS) is 12.2. The standard InChI is InChI=1S/C15H21ClFNO/c1-3-4-12(7-8-16)10-18-15(19)13-6-5-11(2)14(17)9-13/h5-6,9,12H,3-4,7-8,10H2,1-2H3,(H,18,19). The number of alkyl halides is 1. The van der Waals surface area contributed by atoms with Crippen LogP contribution in [0, 0.1) is 18.7 Å². The first-order valence-electron chi connectivity index (χ1n) is 6.68. The quantitative estimate of drug-likeness (QED) is 0.756. The monoisotopic (exact) mass is 285 g/mol. The molecule has 0 aliphatic heterocycles. The average molecular weight is 286 g/mol. The predicted molar refractivity (Wildman–Crippen MR) is 77.2 cm³/mol. The van der Waals surface area contributed by atoms with E-state index in [-0.39, 0.29) is 11.7 Å². The van der Waals surface area contributed by atoms with Gasteiger partial charge in [0.1, 0.15) is 5.82 Å². The molecule has 1 amide bonds. The Balaban J connectivity index is 2.56. The number of hydrogen-bond acceptors (Lipinski definition) is 1. The van der Waals surface area contributed by atoms with Crippen molar-refractivity contribution in [2.45, 2.75) is 33.1 Å². The van der Waals surface area contributed by atoms with Gasteiger partial charge in [-0.25, -0.2) is 4.39 Å². The molecule has 0 saturated carbocycles. The largest absolute Gasteiger partial charge is 0.352 e. The minimum atomic E-state index is -0.349. The fraction of sp³-hybridized carbons (Fsp3) is 0.533. The van der Waals surface area contributed by atoms with Gasteiger partial charge in [-0.2, -0.15) is 0 Å². The smallest absolute Gasteiger partial charge is 0.251 e. The maximum Gasteiger partial charge on any atom is 0.251 e. The lowest BCUT2D eigenvalue weighted by Gasteiger charge is -2.15. The van der Waals surface area contributed by atoms with E-state index in [0.717, 1.165) is 19.3 Å². The Morgan fingerprint density at radius 3 is 2.74 bits per heavy atom. The van der Waals surface area contributed by atoms with Crippen molar-refractivity contribution in [3.05, 3.63) is 35.1 Å². The van der Waals surface area contributed by atoms with Gasteiger partial charge in [0, 0.05) is 18.0 Å². The number of carbonyl (C=O) groups excluding carboxylic acids is 1. The number of rotatable bonds is 7. The number of benzene rings is 1. The zero-order valence-corrected chi connectivity index (χ0v) is 12.3. The summed E-state index contributed by atoms with van der Waals surface area (Å²) in [5, 5.41) is 2.85. The summed E-state index contributed by atoms with van der Waals surface area (Å²) in [5.41, 5.74) is 0.909. The van der Waals surface area contributed by atoms with Crippen LogP contribution < -0.4 is 5.32 Å². The summed E-state index contributed by atoms with van der Waals surface area (Å²) in [5.74, 6) is 0.412. The second kappa shape index (κ2) is 8.16. The summed E-state index contributed by atoms with van der Waals surface area (Å²) in [7, 11) is 0. The van der Waals surface area contributed by atoms with Crippen LogP contribution in [0.5, 0.6) is 0 Å². The van der Waals surface area contributed by atoms with Gasteiger partial charge >= 0.3 is 0 Å². The van der Waals surface area contributed by atoms with Crippen LogP contribution in [0.1, 0.15) is 42.1 Å². The Morgan fingerprint density at radius 1 is 1.42 bits per heavy atom. The van der Waals surface area contributed by atoms with Crippen LogP contribution in [0.4, 0.5) is 4.39 Å². The Hall–Kier alpha value is -1.09. The van der Waals surface area contributed by atoms with Crippen LogP contribution >= 0.6 is 11.6 Å². The molecule has 0 aromatic heterocycles. The molecule has 1 atom stereocenters. The number of halogens is 2. The third-order valence-corrected chi connectivity index (χ3v) is 3.42. The molecule has 19 heavy (non-hydrogen) atoms. The Bertz CT molecular complexity index is 417. The van der Waals surface area contributed by atoms with Crippen LogP contribution in [0.2, 0.25) is 0 Å². The number of hydrogen-bond donors (Lipinski definition) is 1. The summed E-state index contributed by atoms with van der Waals surface area (Å²) in [6.45, 7) is 4.38. The Labute approximate surface area is 119 Å². The molecule has 1 rings (SSSR count). The fourth-order valence-corrected chi connectivity index (χ4v) is 2.29. The van der Waals surface area contributed by atoms with Crippen LogP contribution in [0.3, 0.4) is 0 Å². The first-order valence-corrected chi connectivity index (χ1v) is 7.22. The van der Waals surface area contributed by atoms with Crippen molar-refractivity contribution in [3.63, 3.8) is 0 Å². The lowest BCUT2D eigenvalue weighted by Crippen LogP contribution is -2.29. The summed E-state index contributed by atoms with van der Waals surface area (Å²) in [6, 6.07) is 4.54. The van der Waals surface area contributed by atoms with Crippen molar-refractivity contribution in [3.8, 4) is 0 Å². The second-order valence-corrected chi connectivity index (χ2v) is 5.18. The maximum absolute atomic E-state index is 13.4. The highest BCUT2D eigenvalue weighted by atomic mass is 35.5. The molecule has 106 valence electrons. The summed E-state index contributed by atoms with van der Waals surface area (Å²) in [6.07, 6.45) is 2.99. The van der Waals surface area contributed by atoms with Crippen molar-refractivity contribution >= 4 is 17.5 Å². The van der Waals surface area contributed by atoms with E-state index in [0.29, 0.717) is 29.5 Å². The molecule has 0 aliphatic rings. The van der Waals surface area contributed by atoms with Crippen LogP contribution in [0.25, 0.3) is 0 Å². The minimum Gasteiger partial charge on any atom is -0.352 e. The number of carbonyl (C=O) groups is 1. The van der Waals surface area contributed by atoms with Crippen molar-refractivity contribution < 1.29 is 9.18 Å². The molecule has 0 spiro atoms. The second-order valence-electron chi connectivity index (χ2n) is 4.81. The molecular formula is C15H21ClFNO. The Morgan fingerprint density at radius 2 is 2.16 bits per heavy atom. The lowest BCUT2D eigenvalue weighted by molar-refractivity contribution is 0.0945. The number of amides is 1. The molecule has 0 saturated heterocycles. The first kappa shape index (κ1) is 16.0. The van der Waals surface area contributed by atoms with Crippen LogP contribution in [0.15, 0.2) is 18.2 Å². The van der Waals surface area contributed by atoms with E-state index in [1.165, 1.54) is 6.07 Å². The van der Waals surface area contributed by atoms with Gasteiger partial charge in [0.25, 0.3) is 5.91 Å². The molecule has 2 nitrogen and oxygen atoms in total. The van der Waals surface area contributed by atoms with Crippen molar-refractivity contribution in [2.75, 3.05) is 12.4 Å². The predicted octanol–water partition coefficient (Wildman–Crippen LogP) is 3.91. The molecular weight excluding hydrogens is 265 g/mol. The van der Waals surface area contributed by atoms with E-state index >= 15 is 0 Å². The third kappa shape index (κ3) is 5.19. The Kier molecular flexibility index (Phi) is 6.85. The van der Waals surface area contributed by atoms with Gasteiger partial charge < -0.3 is 5.32 Å². The van der Waals surface area contributed by atoms with E-state index in [9.17, 15) is 9.18 Å². The minimum absolute atomic E-state index is 0.227.